The van der Waals surface area contributed by atoms with E-state index in [0.717, 1.165) is 19.2 Å². The second-order valence-electron chi connectivity index (χ2n) is 2.90. The number of rotatable bonds is 1. The maximum Gasteiger partial charge on any atom is 0.214 e. The molecule has 0 saturated carbocycles. The van der Waals surface area contributed by atoms with Gasteiger partial charge < -0.3 is 5.73 Å². The third-order valence-corrected chi connectivity index (χ3v) is 4.17. The van der Waals surface area contributed by atoms with Gasteiger partial charge in [-0.3, -0.25) is 0 Å². The maximum atomic E-state index is 5.86. The van der Waals surface area contributed by atoms with Crippen LogP contribution in [0.1, 0.15) is 0 Å². The number of aromatic nitrogens is 3. The molecule has 0 unspecified atom stereocenters. The highest BCUT2D eigenvalue weighted by Crippen LogP contribution is 2.33. The Morgan fingerprint density at radius 3 is 2.87 bits per heavy atom. The van der Waals surface area contributed by atoms with Gasteiger partial charge in [-0.15, -0.1) is 11.3 Å². The van der Waals surface area contributed by atoms with Crippen LogP contribution >= 0.6 is 34.3 Å². The standard InChI is InChI=1S/C8H5ClN4S2/c9-5-2-1-4(14-5)7-12-13-3-6(10)11-8(13)15-7/h1-3H,10H2. The van der Waals surface area contributed by atoms with Crippen molar-refractivity contribution in [3.63, 3.8) is 0 Å². The summed E-state index contributed by atoms with van der Waals surface area (Å²) in [6, 6.07) is 3.81. The molecule has 3 aromatic heterocycles. The minimum atomic E-state index is 0.490. The van der Waals surface area contributed by atoms with Gasteiger partial charge in [0.2, 0.25) is 4.96 Å². The van der Waals surface area contributed by atoms with Gasteiger partial charge in [-0.2, -0.15) is 5.10 Å². The van der Waals surface area contributed by atoms with Crippen LogP contribution in [0.15, 0.2) is 18.3 Å². The fourth-order valence-electron chi connectivity index (χ4n) is 1.25. The number of anilines is 1. The highest BCUT2D eigenvalue weighted by atomic mass is 35.5. The molecule has 3 heterocycles. The normalized spacial score (nSPS) is 11.3. The maximum absolute atomic E-state index is 5.86. The first-order chi connectivity index (χ1) is 7.22. The number of nitrogen functional groups attached to an aromatic ring is 1. The molecule has 0 fully saturated rings. The molecule has 0 aromatic carbocycles. The number of nitrogens with two attached hydrogens (primary N) is 1. The first-order valence-electron chi connectivity index (χ1n) is 4.10. The summed E-state index contributed by atoms with van der Waals surface area (Å²) in [4.78, 5) is 5.98. The van der Waals surface area contributed by atoms with Crippen LogP contribution in [-0.2, 0) is 0 Å². The van der Waals surface area contributed by atoms with Gasteiger partial charge in [-0.05, 0) is 12.1 Å². The van der Waals surface area contributed by atoms with Crippen LogP contribution < -0.4 is 5.73 Å². The molecule has 2 N–H and O–H groups in total. The van der Waals surface area contributed by atoms with Crippen molar-refractivity contribution in [2.45, 2.75) is 0 Å². The smallest absolute Gasteiger partial charge is 0.214 e. The highest BCUT2D eigenvalue weighted by Gasteiger charge is 2.10. The third kappa shape index (κ3) is 1.50. The lowest BCUT2D eigenvalue weighted by atomic mass is 10.5. The zero-order valence-electron chi connectivity index (χ0n) is 7.35. The Balaban J connectivity index is 2.15. The van der Waals surface area contributed by atoms with E-state index in [9.17, 15) is 0 Å². The summed E-state index contributed by atoms with van der Waals surface area (Å²) < 4.78 is 2.44. The second kappa shape index (κ2) is 3.19. The van der Waals surface area contributed by atoms with Crippen molar-refractivity contribution in [1.29, 1.82) is 0 Å². The monoisotopic (exact) mass is 256 g/mol. The van der Waals surface area contributed by atoms with Crippen molar-refractivity contribution in [3.8, 4) is 9.88 Å². The Labute approximate surface area is 97.9 Å². The molecule has 0 aliphatic heterocycles. The largest absolute Gasteiger partial charge is 0.382 e. The van der Waals surface area contributed by atoms with Gasteiger partial charge in [0.05, 0.1) is 15.4 Å². The molecule has 0 atom stereocenters. The number of halogens is 1. The van der Waals surface area contributed by atoms with Crippen molar-refractivity contribution >= 4 is 45.1 Å². The molecule has 15 heavy (non-hydrogen) atoms. The molecule has 0 radical (unpaired) electrons. The van der Waals surface area contributed by atoms with Crippen molar-refractivity contribution in [1.82, 2.24) is 14.6 Å². The number of thiophene rings is 1. The summed E-state index contributed by atoms with van der Waals surface area (Å²) in [6.45, 7) is 0. The Bertz CT molecular complexity index is 592. The first-order valence-corrected chi connectivity index (χ1v) is 6.11. The molecule has 0 spiro atoms. The molecule has 76 valence electrons. The van der Waals surface area contributed by atoms with Gasteiger partial charge in [0.25, 0.3) is 0 Å². The molecule has 0 saturated heterocycles. The van der Waals surface area contributed by atoms with Crippen molar-refractivity contribution in [2.75, 3.05) is 5.73 Å². The number of hydrogen-bond donors (Lipinski definition) is 1. The van der Waals surface area contributed by atoms with Gasteiger partial charge in [0.15, 0.2) is 5.01 Å². The van der Waals surface area contributed by atoms with E-state index in [2.05, 4.69) is 10.1 Å². The molecular formula is C8H5ClN4S2. The van der Waals surface area contributed by atoms with Gasteiger partial charge in [0, 0.05) is 0 Å². The van der Waals surface area contributed by atoms with E-state index in [4.69, 9.17) is 17.3 Å². The summed E-state index contributed by atoms with van der Waals surface area (Å²) in [7, 11) is 0. The summed E-state index contributed by atoms with van der Waals surface area (Å²) in [6.07, 6.45) is 1.70. The second-order valence-corrected chi connectivity index (χ2v) is 5.57. The fourth-order valence-corrected chi connectivity index (χ4v) is 3.23. The van der Waals surface area contributed by atoms with E-state index >= 15 is 0 Å². The van der Waals surface area contributed by atoms with Crippen molar-refractivity contribution in [3.05, 3.63) is 22.7 Å². The molecule has 4 nitrogen and oxygen atoms in total. The predicted molar refractivity (Wildman–Crippen MR) is 63.6 cm³/mol. The Morgan fingerprint density at radius 2 is 2.20 bits per heavy atom. The Kier molecular flexibility index (Phi) is 1.95. The van der Waals surface area contributed by atoms with Crippen LogP contribution in [-0.4, -0.2) is 14.6 Å². The Morgan fingerprint density at radius 1 is 1.33 bits per heavy atom. The summed E-state index contributed by atoms with van der Waals surface area (Å²) in [5.74, 6) is 0.490. The Hall–Kier alpha value is -1.11. The highest BCUT2D eigenvalue weighted by molar-refractivity contribution is 7.25. The first kappa shape index (κ1) is 9.14. The summed E-state index contributed by atoms with van der Waals surface area (Å²) in [5.41, 5.74) is 5.54. The minimum absolute atomic E-state index is 0.490. The third-order valence-electron chi connectivity index (χ3n) is 1.85. The number of fused-ring (bicyclic) bond motifs is 1. The lowest BCUT2D eigenvalue weighted by molar-refractivity contribution is 0.980. The number of imidazole rings is 1. The molecule has 0 aliphatic rings. The van der Waals surface area contributed by atoms with Crippen LogP contribution in [0, 0.1) is 0 Å². The van der Waals surface area contributed by atoms with Crippen LogP contribution in [0.25, 0.3) is 14.8 Å². The molecule has 0 aliphatic carbocycles. The molecule has 3 rings (SSSR count). The zero-order valence-corrected chi connectivity index (χ0v) is 9.73. The average molecular weight is 257 g/mol. The van der Waals surface area contributed by atoms with Crippen LogP contribution in [0.4, 0.5) is 5.82 Å². The van der Waals surface area contributed by atoms with Crippen molar-refractivity contribution in [2.24, 2.45) is 0 Å². The fraction of sp³-hybridized carbons (Fsp3) is 0. The zero-order chi connectivity index (χ0) is 10.4. The molecule has 0 bridgehead atoms. The van der Waals surface area contributed by atoms with Gasteiger partial charge >= 0.3 is 0 Å². The topological polar surface area (TPSA) is 56.2 Å². The predicted octanol–water partition coefficient (Wildman–Crippen LogP) is 2.75. The van der Waals surface area contributed by atoms with E-state index in [0.29, 0.717) is 5.82 Å². The van der Waals surface area contributed by atoms with E-state index in [1.807, 2.05) is 12.1 Å². The van der Waals surface area contributed by atoms with Gasteiger partial charge in [-0.1, -0.05) is 22.9 Å². The van der Waals surface area contributed by atoms with E-state index in [1.54, 1.807) is 10.7 Å². The van der Waals surface area contributed by atoms with E-state index in [-0.39, 0.29) is 0 Å². The summed E-state index contributed by atoms with van der Waals surface area (Å²) >= 11 is 8.86. The van der Waals surface area contributed by atoms with Crippen LogP contribution in [0.5, 0.6) is 0 Å². The quantitative estimate of drug-likeness (QED) is 0.728. The van der Waals surface area contributed by atoms with E-state index in [1.165, 1.54) is 22.7 Å². The lowest BCUT2D eigenvalue weighted by Gasteiger charge is -1.84. The SMILES string of the molecule is Nc1cn2nc(-c3ccc(Cl)s3)sc2n1. The van der Waals surface area contributed by atoms with Gasteiger partial charge in [-0.25, -0.2) is 9.50 Å². The number of nitrogens with zero attached hydrogens (tertiary/aromatic N) is 3. The number of hydrogen-bond acceptors (Lipinski definition) is 5. The van der Waals surface area contributed by atoms with Crippen LogP contribution in [0.2, 0.25) is 4.34 Å². The molecular weight excluding hydrogens is 252 g/mol. The summed E-state index contributed by atoms with van der Waals surface area (Å²) in [5, 5.41) is 5.27. The van der Waals surface area contributed by atoms with Crippen molar-refractivity contribution < 1.29 is 0 Å². The van der Waals surface area contributed by atoms with Crippen LogP contribution in [0.3, 0.4) is 0 Å². The molecule has 3 aromatic rings. The average Bonchev–Trinajstić information content (AvgIpc) is 2.78. The lowest BCUT2D eigenvalue weighted by Crippen LogP contribution is -1.83. The van der Waals surface area contributed by atoms with E-state index < -0.39 is 0 Å². The molecule has 7 heteroatoms. The minimum Gasteiger partial charge on any atom is -0.382 e. The molecule has 0 amide bonds. The van der Waals surface area contributed by atoms with Gasteiger partial charge in [0.1, 0.15) is 5.82 Å².